The molecule has 1 aliphatic heterocycles. The Balaban J connectivity index is 2.02. The molecule has 0 bridgehead atoms. The van der Waals surface area contributed by atoms with Crippen molar-refractivity contribution in [3.63, 3.8) is 0 Å². The van der Waals surface area contributed by atoms with Crippen LogP contribution < -0.4 is 10.2 Å². The molecular weight excluding hydrogens is 244 g/mol. The monoisotopic (exact) mass is 264 g/mol. The summed E-state index contributed by atoms with van der Waals surface area (Å²) in [5, 5.41) is 2.99. The Morgan fingerprint density at radius 2 is 2.21 bits per heavy atom. The van der Waals surface area contributed by atoms with Crippen LogP contribution in [0.5, 0.6) is 0 Å². The van der Waals surface area contributed by atoms with Gasteiger partial charge in [-0.1, -0.05) is 0 Å². The van der Waals surface area contributed by atoms with Crippen LogP contribution in [-0.2, 0) is 9.53 Å². The highest BCUT2D eigenvalue weighted by Crippen LogP contribution is 2.20. The van der Waals surface area contributed by atoms with E-state index in [-0.39, 0.29) is 12.3 Å². The van der Waals surface area contributed by atoms with Crippen molar-refractivity contribution in [2.45, 2.75) is 25.8 Å². The molecule has 104 valence electrons. The molecule has 0 amide bonds. The Labute approximate surface area is 113 Å². The minimum atomic E-state index is 0.0814. The van der Waals surface area contributed by atoms with Gasteiger partial charge < -0.3 is 15.0 Å². The molecule has 1 aliphatic rings. The zero-order valence-electron chi connectivity index (χ0n) is 11.4. The molecule has 2 rings (SSSR count). The molecule has 1 N–H and O–H groups in total. The van der Waals surface area contributed by atoms with Gasteiger partial charge in [0.25, 0.3) is 0 Å². The summed E-state index contributed by atoms with van der Waals surface area (Å²) in [7, 11) is 2.03. The molecule has 1 aromatic heterocycles. The van der Waals surface area contributed by atoms with Crippen molar-refractivity contribution in [1.29, 1.82) is 0 Å². The number of ketones is 1. The van der Waals surface area contributed by atoms with E-state index in [2.05, 4.69) is 20.2 Å². The van der Waals surface area contributed by atoms with Crippen LogP contribution in [0.15, 0.2) is 12.4 Å². The van der Waals surface area contributed by atoms with Gasteiger partial charge in [0.15, 0.2) is 0 Å². The van der Waals surface area contributed by atoms with Gasteiger partial charge in [-0.25, -0.2) is 9.97 Å². The van der Waals surface area contributed by atoms with Crippen molar-refractivity contribution >= 4 is 17.4 Å². The molecule has 0 radical (unpaired) electrons. The lowest BCUT2D eigenvalue weighted by Gasteiger charge is -2.32. The summed E-state index contributed by atoms with van der Waals surface area (Å²) >= 11 is 0. The van der Waals surface area contributed by atoms with Crippen molar-refractivity contribution < 1.29 is 9.53 Å². The fraction of sp³-hybridized carbons (Fsp3) is 0.615. The molecule has 6 nitrogen and oxygen atoms in total. The molecular formula is C13H20N4O2. The highest BCUT2D eigenvalue weighted by atomic mass is 16.5. The number of ether oxygens (including phenoxy) is 1. The van der Waals surface area contributed by atoms with Crippen molar-refractivity contribution in [1.82, 2.24) is 9.97 Å². The third-order valence-electron chi connectivity index (χ3n) is 3.27. The topological polar surface area (TPSA) is 67.4 Å². The summed E-state index contributed by atoms with van der Waals surface area (Å²) in [6, 6.07) is 2.32. The standard InChI is InChI=1S/C13H20N4O2/c1-10(18)8-14-12-7-13(16-9-15-12)17(2)11-3-5-19-6-4-11/h7,9,11H,3-6,8H2,1-2H3,(H,14,15,16). The first-order valence-electron chi connectivity index (χ1n) is 6.53. The maximum atomic E-state index is 11.0. The highest BCUT2D eigenvalue weighted by Gasteiger charge is 2.19. The summed E-state index contributed by atoms with van der Waals surface area (Å²) < 4.78 is 5.37. The number of nitrogens with zero attached hydrogens (tertiary/aromatic N) is 3. The van der Waals surface area contributed by atoms with Gasteiger partial charge in [0.1, 0.15) is 23.7 Å². The van der Waals surface area contributed by atoms with Gasteiger partial charge in [0, 0.05) is 32.4 Å². The second-order valence-corrected chi connectivity index (χ2v) is 4.77. The predicted octanol–water partition coefficient (Wildman–Crippen LogP) is 1.09. The molecule has 19 heavy (non-hydrogen) atoms. The first-order valence-corrected chi connectivity index (χ1v) is 6.53. The van der Waals surface area contributed by atoms with E-state index in [4.69, 9.17) is 4.74 Å². The van der Waals surface area contributed by atoms with E-state index in [1.54, 1.807) is 6.92 Å². The molecule has 0 spiro atoms. The zero-order chi connectivity index (χ0) is 13.7. The maximum Gasteiger partial charge on any atom is 0.148 e. The van der Waals surface area contributed by atoms with Gasteiger partial charge in [0.2, 0.25) is 0 Å². The molecule has 0 aliphatic carbocycles. The fourth-order valence-corrected chi connectivity index (χ4v) is 2.11. The number of carbonyl (C=O) groups is 1. The summed E-state index contributed by atoms with van der Waals surface area (Å²) in [6.07, 6.45) is 3.54. The van der Waals surface area contributed by atoms with Gasteiger partial charge >= 0.3 is 0 Å². The SMILES string of the molecule is CC(=O)CNc1cc(N(C)C2CCOCC2)ncn1. The van der Waals surface area contributed by atoms with E-state index >= 15 is 0 Å². The number of hydrogen-bond acceptors (Lipinski definition) is 6. The lowest BCUT2D eigenvalue weighted by molar-refractivity contribution is -0.115. The van der Waals surface area contributed by atoms with Crippen LogP contribution in [0.4, 0.5) is 11.6 Å². The summed E-state index contributed by atoms with van der Waals surface area (Å²) in [4.78, 5) is 21.5. The van der Waals surface area contributed by atoms with Crippen LogP contribution in [0.25, 0.3) is 0 Å². The number of Topliss-reactive ketones (excluding diaryl/α,β-unsaturated/α-hetero) is 1. The number of anilines is 2. The predicted molar refractivity (Wildman–Crippen MR) is 73.4 cm³/mol. The third-order valence-corrected chi connectivity index (χ3v) is 3.27. The number of hydrogen-bond donors (Lipinski definition) is 1. The van der Waals surface area contributed by atoms with Crippen molar-refractivity contribution in [3.05, 3.63) is 12.4 Å². The Morgan fingerprint density at radius 1 is 1.47 bits per heavy atom. The van der Waals surface area contributed by atoms with E-state index in [1.165, 1.54) is 6.33 Å². The van der Waals surface area contributed by atoms with Gasteiger partial charge in [-0.15, -0.1) is 0 Å². The number of carbonyl (C=O) groups excluding carboxylic acids is 1. The minimum absolute atomic E-state index is 0.0814. The minimum Gasteiger partial charge on any atom is -0.381 e. The van der Waals surface area contributed by atoms with Crippen LogP contribution in [0, 0.1) is 0 Å². The van der Waals surface area contributed by atoms with E-state index in [1.807, 2.05) is 13.1 Å². The Kier molecular flexibility index (Phi) is 4.68. The van der Waals surface area contributed by atoms with Crippen LogP contribution in [0.2, 0.25) is 0 Å². The fourth-order valence-electron chi connectivity index (χ4n) is 2.11. The van der Waals surface area contributed by atoms with E-state index in [9.17, 15) is 4.79 Å². The lowest BCUT2D eigenvalue weighted by Crippen LogP contribution is -2.37. The second kappa shape index (κ2) is 6.47. The Bertz CT molecular complexity index is 432. The summed E-state index contributed by atoms with van der Waals surface area (Å²) in [5.74, 6) is 1.63. The molecule has 0 unspecified atom stereocenters. The van der Waals surface area contributed by atoms with Crippen LogP contribution in [0.3, 0.4) is 0 Å². The first kappa shape index (κ1) is 13.7. The van der Waals surface area contributed by atoms with Crippen LogP contribution in [0.1, 0.15) is 19.8 Å². The average Bonchev–Trinajstić information content (AvgIpc) is 2.45. The molecule has 6 heteroatoms. The molecule has 0 saturated carbocycles. The van der Waals surface area contributed by atoms with Crippen LogP contribution >= 0.6 is 0 Å². The lowest BCUT2D eigenvalue weighted by atomic mass is 10.1. The second-order valence-electron chi connectivity index (χ2n) is 4.77. The quantitative estimate of drug-likeness (QED) is 0.858. The summed E-state index contributed by atoms with van der Waals surface area (Å²) in [6.45, 7) is 3.44. The Morgan fingerprint density at radius 3 is 2.89 bits per heavy atom. The van der Waals surface area contributed by atoms with Gasteiger partial charge in [0.05, 0.1) is 6.54 Å². The molecule has 2 heterocycles. The normalized spacial score (nSPS) is 16.1. The third kappa shape index (κ3) is 3.89. The molecule has 1 saturated heterocycles. The molecule has 0 atom stereocenters. The number of aromatic nitrogens is 2. The first-order chi connectivity index (χ1) is 9.16. The largest absolute Gasteiger partial charge is 0.381 e. The van der Waals surface area contributed by atoms with Crippen molar-refractivity contribution in [2.24, 2.45) is 0 Å². The van der Waals surface area contributed by atoms with E-state index in [0.29, 0.717) is 11.9 Å². The number of rotatable bonds is 5. The van der Waals surface area contributed by atoms with Crippen molar-refractivity contribution in [2.75, 3.05) is 37.0 Å². The van der Waals surface area contributed by atoms with Gasteiger partial charge in [-0.05, 0) is 19.8 Å². The van der Waals surface area contributed by atoms with Crippen LogP contribution in [-0.4, -0.2) is 48.6 Å². The molecule has 1 fully saturated rings. The van der Waals surface area contributed by atoms with Crippen molar-refractivity contribution in [3.8, 4) is 0 Å². The summed E-state index contributed by atoms with van der Waals surface area (Å²) in [5.41, 5.74) is 0. The van der Waals surface area contributed by atoms with Gasteiger partial charge in [-0.2, -0.15) is 0 Å². The van der Waals surface area contributed by atoms with E-state index in [0.717, 1.165) is 31.9 Å². The zero-order valence-corrected chi connectivity index (χ0v) is 11.4. The van der Waals surface area contributed by atoms with Gasteiger partial charge in [-0.3, -0.25) is 4.79 Å². The number of nitrogens with one attached hydrogen (secondary N) is 1. The molecule has 1 aromatic rings. The average molecular weight is 264 g/mol. The van der Waals surface area contributed by atoms with E-state index < -0.39 is 0 Å². The smallest absolute Gasteiger partial charge is 0.148 e. The maximum absolute atomic E-state index is 11.0. The Hall–Kier alpha value is -1.69. The highest BCUT2D eigenvalue weighted by molar-refractivity contribution is 5.80. The molecule has 0 aromatic carbocycles.